The van der Waals surface area contributed by atoms with E-state index in [4.69, 9.17) is 9.02 Å². The lowest BCUT2D eigenvalue weighted by molar-refractivity contribution is -0.00202. The SMILES string of the molecule is CN(c1c(C#N)c(=O)n(C)c2ccc(C#N)nc12)C1CCC(/C(=N/OC(C)(C)C)C(OS(C)(=O)=O)c2ccccc2)CC1. The molecule has 1 unspecified atom stereocenters. The average Bonchev–Trinajstić information content (AvgIpc) is 2.97. The molecule has 1 fully saturated rings. The van der Waals surface area contributed by atoms with Gasteiger partial charge in [-0.05, 0) is 64.2 Å². The molecule has 3 aromatic rings. The van der Waals surface area contributed by atoms with Crippen LogP contribution in [-0.4, -0.2) is 48.6 Å². The lowest BCUT2D eigenvalue weighted by Gasteiger charge is -2.38. The van der Waals surface area contributed by atoms with Crippen LogP contribution in [0.2, 0.25) is 0 Å². The zero-order valence-corrected chi connectivity index (χ0v) is 26.1. The fourth-order valence-electron chi connectivity index (χ4n) is 5.45. The Morgan fingerprint density at radius 1 is 1.09 bits per heavy atom. The zero-order valence-electron chi connectivity index (χ0n) is 25.2. The predicted octanol–water partition coefficient (Wildman–Crippen LogP) is 4.56. The van der Waals surface area contributed by atoms with E-state index in [-0.39, 0.29) is 23.2 Å². The quantitative estimate of drug-likeness (QED) is 0.205. The summed E-state index contributed by atoms with van der Waals surface area (Å²) in [5, 5.41) is 24.0. The first-order valence-electron chi connectivity index (χ1n) is 14.0. The summed E-state index contributed by atoms with van der Waals surface area (Å²) in [6, 6.07) is 16.3. The third-order valence-electron chi connectivity index (χ3n) is 7.52. The van der Waals surface area contributed by atoms with Gasteiger partial charge in [0.05, 0.1) is 23.2 Å². The number of hydrogen-bond acceptors (Lipinski definition) is 10. The Labute approximate surface area is 252 Å². The molecule has 12 heteroatoms. The van der Waals surface area contributed by atoms with E-state index in [0.29, 0.717) is 53.7 Å². The molecule has 0 bridgehead atoms. The van der Waals surface area contributed by atoms with Gasteiger partial charge >= 0.3 is 0 Å². The van der Waals surface area contributed by atoms with Crippen molar-refractivity contribution in [3.8, 4) is 12.1 Å². The third kappa shape index (κ3) is 7.22. The fourth-order valence-corrected chi connectivity index (χ4v) is 6.01. The van der Waals surface area contributed by atoms with Crippen LogP contribution in [0.25, 0.3) is 11.0 Å². The molecule has 1 aliphatic rings. The van der Waals surface area contributed by atoms with Gasteiger partial charge in [0, 0.05) is 26.1 Å². The second kappa shape index (κ2) is 12.5. The van der Waals surface area contributed by atoms with E-state index >= 15 is 0 Å². The topological polar surface area (TPSA) is 151 Å². The van der Waals surface area contributed by atoms with Crippen LogP contribution in [-0.2, 0) is 26.2 Å². The summed E-state index contributed by atoms with van der Waals surface area (Å²) in [7, 11) is -0.437. The number of oxime groups is 1. The molecule has 0 N–H and O–H groups in total. The maximum atomic E-state index is 13.1. The van der Waals surface area contributed by atoms with Crippen molar-refractivity contribution in [1.82, 2.24) is 9.55 Å². The Bertz CT molecular complexity index is 1770. The van der Waals surface area contributed by atoms with Crippen molar-refractivity contribution >= 4 is 32.6 Å². The molecule has 1 aromatic carbocycles. The van der Waals surface area contributed by atoms with Crippen LogP contribution >= 0.6 is 0 Å². The number of benzene rings is 1. The van der Waals surface area contributed by atoms with Crippen LogP contribution in [0.1, 0.15) is 69.4 Å². The first kappa shape index (κ1) is 31.7. The van der Waals surface area contributed by atoms with E-state index in [1.54, 1.807) is 31.3 Å². The number of fused-ring (bicyclic) bond motifs is 1. The van der Waals surface area contributed by atoms with Gasteiger partial charge in [0.2, 0.25) is 0 Å². The summed E-state index contributed by atoms with van der Waals surface area (Å²) in [5.74, 6) is -0.155. The van der Waals surface area contributed by atoms with Crippen molar-refractivity contribution in [2.45, 2.75) is 64.2 Å². The second-order valence-electron chi connectivity index (χ2n) is 11.8. The van der Waals surface area contributed by atoms with Crippen LogP contribution in [0.5, 0.6) is 0 Å². The Morgan fingerprint density at radius 2 is 1.74 bits per heavy atom. The van der Waals surface area contributed by atoms with Gasteiger partial charge in [-0.3, -0.25) is 8.98 Å². The fraction of sp³-hybridized carbons (Fsp3) is 0.452. The van der Waals surface area contributed by atoms with Crippen LogP contribution in [0.3, 0.4) is 0 Å². The summed E-state index contributed by atoms with van der Waals surface area (Å²) in [6.45, 7) is 5.59. The molecule has 43 heavy (non-hydrogen) atoms. The van der Waals surface area contributed by atoms with Gasteiger partial charge in [0.15, 0.2) is 0 Å². The maximum absolute atomic E-state index is 13.1. The molecule has 0 saturated heterocycles. The van der Waals surface area contributed by atoms with Crippen molar-refractivity contribution < 1.29 is 17.4 Å². The first-order chi connectivity index (χ1) is 20.2. The Balaban J connectivity index is 1.70. The number of aryl methyl sites for hydroxylation is 1. The minimum atomic E-state index is -3.85. The lowest BCUT2D eigenvalue weighted by atomic mass is 9.80. The highest BCUT2D eigenvalue weighted by Gasteiger charge is 2.36. The summed E-state index contributed by atoms with van der Waals surface area (Å²) in [4.78, 5) is 25.3. The summed E-state index contributed by atoms with van der Waals surface area (Å²) >= 11 is 0. The van der Waals surface area contributed by atoms with Crippen LogP contribution in [0.15, 0.2) is 52.4 Å². The first-order valence-corrected chi connectivity index (χ1v) is 15.8. The molecule has 226 valence electrons. The number of nitrogens with zero attached hydrogens (tertiary/aromatic N) is 6. The molecule has 0 spiro atoms. The van der Waals surface area contributed by atoms with Gasteiger partial charge in [-0.1, -0.05) is 35.5 Å². The van der Waals surface area contributed by atoms with E-state index in [9.17, 15) is 23.7 Å². The molecule has 0 radical (unpaired) electrons. The van der Waals surface area contributed by atoms with E-state index in [1.807, 2.05) is 57.0 Å². The Morgan fingerprint density at radius 3 is 2.30 bits per heavy atom. The van der Waals surface area contributed by atoms with Crippen molar-refractivity contribution in [3.63, 3.8) is 0 Å². The monoisotopic (exact) mass is 604 g/mol. The van der Waals surface area contributed by atoms with Gasteiger partial charge < -0.3 is 14.3 Å². The lowest BCUT2D eigenvalue weighted by Crippen LogP contribution is -2.40. The molecule has 1 saturated carbocycles. The van der Waals surface area contributed by atoms with Crippen LogP contribution in [0, 0.1) is 28.6 Å². The molecule has 4 rings (SSSR count). The minimum absolute atomic E-state index is 0.0336. The number of anilines is 1. The summed E-state index contributed by atoms with van der Waals surface area (Å²) in [6.07, 6.45) is 2.60. The van der Waals surface area contributed by atoms with E-state index in [1.165, 1.54) is 4.57 Å². The molecule has 1 atom stereocenters. The Kier molecular flexibility index (Phi) is 9.24. The van der Waals surface area contributed by atoms with Gasteiger partial charge in [-0.25, -0.2) is 4.98 Å². The number of rotatable bonds is 8. The molecule has 0 aliphatic heterocycles. The number of aromatic nitrogens is 2. The molecule has 0 amide bonds. The molecule has 1 aliphatic carbocycles. The van der Waals surface area contributed by atoms with E-state index in [0.717, 1.165) is 6.26 Å². The van der Waals surface area contributed by atoms with Crippen molar-refractivity contribution in [2.75, 3.05) is 18.2 Å². The van der Waals surface area contributed by atoms with Gasteiger partial charge in [-0.2, -0.15) is 18.9 Å². The second-order valence-corrected chi connectivity index (χ2v) is 13.4. The van der Waals surface area contributed by atoms with Gasteiger partial charge in [0.25, 0.3) is 15.7 Å². The average molecular weight is 605 g/mol. The minimum Gasteiger partial charge on any atom is -0.390 e. The number of pyridine rings is 2. The smallest absolute Gasteiger partial charge is 0.270 e. The van der Waals surface area contributed by atoms with Crippen LogP contribution in [0.4, 0.5) is 5.69 Å². The Hall–Kier alpha value is -4.26. The van der Waals surface area contributed by atoms with Crippen LogP contribution < -0.4 is 10.5 Å². The van der Waals surface area contributed by atoms with Gasteiger partial charge in [0.1, 0.15) is 40.6 Å². The molecule has 11 nitrogen and oxygen atoms in total. The number of hydrogen-bond donors (Lipinski definition) is 0. The third-order valence-corrected chi connectivity index (χ3v) is 8.07. The highest BCUT2D eigenvalue weighted by atomic mass is 32.2. The van der Waals surface area contributed by atoms with E-state index in [2.05, 4.69) is 16.2 Å². The highest BCUT2D eigenvalue weighted by molar-refractivity contribution is 7.86. The summed E-state index contributed by atoms with van der Waals surface area (Å²) < 4.78 is 31.7. The normalized spacial score (nSPS) is 18.5. The highest BCUT2D eigenvalue weighted by Crippen LogP contribution is 2.37. The summed E-state index contributed by atoms with van der Waals surface area (Å²) in [5.41, 5.74) is 1.57. The van der Waals surface area contributed by atoms with Crippen molar-refractivity contribution in [3.05, 3.63) is 69.6 Å². The maximum Gasteiger partial charge on any atom is 0.270 e. The van der Waals surface area contributed by atoms with E-state index < -0.39 is 27.4 Å². The number of nitriles is 2. The molecule has 2 aromatic heterocycles. The zero-order chi connectivity index (χ0) is 31.5. The standard InChI is InChI=1S/C31H36N6O5S/c1-31(2,3)42-35-26(29(41-43(6,39)40)21-10-8-7-9-11-21)20-12-15-23(16-13-20)36(4)28-24(19-33)30(38)37(5)25-17-14-22(18-32)34-27(25)28/h7-11,14,17,20,23,29H,12-13,15-16H2,1-6H3/b35-26-. The predicted molar refractivity (Wildman–Crippen MR) is 164 cm³/mol. The molecular weight excluding hydrogens is 568 g/mol. The van der Waals surface area contributed by atoms with Crippen molar-refractivity contribution in [2.24, 2.45) is 18.1 Å². The molecular formula is C31H36N6O5S. The molecule has 2 heterocycles. The van der Waals surface area contributed by atoms with Crippen molar-refractivity contribution in [1.29, 1.82) is 10.5 Å². The largest absolute Gasteiger partial charge is 0.390 e. The van der Waals surface area contributed by atoms with Gasteiger partial charge in [-0.15, -0.1) is 0 Å².